The number of hydrogen-bond donors (Lipinski definition) is 0. The molecule has 0 spiro atoms. The zero-order valence-electron chi connectivity index (χ0n) is 17.8. The lowest BCUT2D eigenvalue weighted by Crippen LogP contribution is -2.20. The van der Waals surface area contributed by atoms with Crippen molar-refractivity contribution in [2.24, 2.45) is 0 Å². The average Bonchev–Trinajstić information content (AvgIpc) is 2.72. The van der Waals surface area contributed by atoms with Gasteiger partial charge in [0.25, 0.3) is 0 Å². The first-order valence-corrected chi connectivity index (χ1v) is 10.1. The highest BCUT2D eigenvalue weighted by atomic mass is 16.5. The Morgan fingerprint density at radius 2 is 1.61 bits per heavy atom. The first-order valence-electron chi connectivity index (χ1n) is 10.1. The lowest BCUT2D eigenvalue weighted by Gasteiger charge is -2.26. The number of ether oxygens (including phenoxy) is 3. The normalized spacial score (nSPS) is 12.0. The largest absolute Gasteiger partial charge is 0.488 e. The lowest BCUT2D eigenvalue weighted by molar-refractivity contribution is 0.0478. The Labute approximate surface area is 178 Å². The van der Waals surface area contributed by atoms with Crippen molar-refractivity contribution in [3.05, 3.63) is 62.5 Å². The van der Waals surface area contributed by atoms with Gasteiger partial charge in [0.2, 0.25) is 0 Å². The van der Waals surface area contributed by atoms with E-state index in [2.05, 4.69) is 0 Å². The van der Waals surface area contributed by atoms with E-state index in [1.807, 2.05) is 13.0 Å². The van der Waals surface area contributed by atoms with Gasteiger partial charge >= 0.3 is 17.6 Å². The van der Waals surface area contributed by atoms with Gasteiger partial charge in [-0.05, 0) is 56.5 Å². The van der Waals surface area contributed by atoms with Gasteiger partial charge in [-0.25, -0.2) is 14.4 Å². The van der Waals surface area contributed by atoms with Crippen LogP contribution in [0.5, 0.6) is 5.75 Å². The molecule has 0 unspecified atom stereocenters. The molecule has 0 saturated carbocycles. The monoisotopic (exact) mass is 422 g/mol. The molecule has 2 aromatic carbocycles. The molecule has 4 rings (SSSR count). The molecule has 160 valence electrons. The molecule has 0 fully saturated rings. The van der Waals surface area contributed by atoms with Crippen LogP contribution in [0.4, 0.5) is 0 Å². The molecule has 7 heteroatoms. The predicted octanol–water partition coefficient (Wildman–Crippen LogP) is 4.32. The van der Waals surface area contributed by atoms with Crippen molar-refractivity contribution in [3.63, 3.8) is 0 Å². The number of aryl methyl sites for hydroxylation is 2. The number of rotatable bonds is 4. The maximum atomic E-state index is 13.1. The highest BCUT2D eigenvalue weighted by Crippen LogP contribution is 2.46. The van der Waals surface area contributed by atoms with Crippen molar-refractivity contribution in [1.82, 2.24) is 0 Å². The Balaban J connectivity index is 2.16. The van der Waals surface area contributed by atoms with Crippen LogP contribution in [0.25, 0.3) is 22.1 Å². The summed E-state index contributed by atoms with van der Waals surface area (Å²) in [5.41, 5.74) is 2.93. The third-order valence-electron chi connectivity index (χ3n) is 5.28. The highest BCUT2D eigenvalue weighted by molar-refractivity contribution is 6.12. The first kappa shape index (κ1) is 20.7. The summed E-state index contributed by atoms with van der Waals surface area (Å²) in [4.78, 5) is 38.1. The van der Waals surface area contributed by atoms with Crippen LogP contribution < -0.4 is 10.4 Å². The van der Waals surface area contributed by atoms with Crippen LogP contribution in [0.3, 0.4) is 0 Å². The van der Waals surface area contributed by atoms with E-state index >= 15 is 0 Å². The molecule has 1 aliphatic rings. The second-order valence-corrected chi connectivity index (χ2v) is 7.27. The van der Waals surface area contributed by atoms with Crippen molar-refractivity contribution in [2.45, 2.75) is 34.3 Å². The third-order valence-corrected chi connectivity index (χ3v) is 5.28. The fraction of sp³-hybridized carbons (Fsp3) is 0.292. The molecule has 1 aromatic heterocycles. The average molecular weight is 422 g/mol. The topological polar surface area (TPSA) is 92.0 Å². The molecule has 0 bridgehead atoms. The molecule has 0 saturated heterocycles. The zero-order chi connectivity index (χ0) is 22.3. The van der Waals surface area contributed by atoms with Crippen LogP contribution in [-0.2, 0) is 16.1 Å². The summed E-state index contributed by atoms with van der Waals surface area (Å²) in [7, 11) is 0. The van der Waals surface area contributed by atoms with Gasteiger partial charge in [0.15, 0.2) is 0 Å². The van der Waals surface area contributed by atoms with Gasteiger partial charge in [-0.15, -0.1) is 0 Å². The molecule has 0 N–H and O–H groups in total. The van der Waals surface area contributed by atoms with E-state index in [9.17, 15) is 14.4 Å². The van der Waals surface area contributed by atoms with Crippen molar-refractivity contribution in [3.8, 4) is 16.9 Å². The third kappa shape index (κ3) is 3.36. The molecule has 0 amide bonds. The fourth-order valence-electron chi connectivity index (χ4n) is 4.04. The number of fused-ring (bicyclic) bond motifs is 5. The van der Waals surface area contributed by atoms with Gasteiger partial charge in [-0.3, -0.25) is 0 Å². The quantitative estimate of drug-likeness (QED) is 0.457. The summed E-state index contributed by atoms with van der Waals surface area (Å²) >= 11 is 0. The molecule has 31 heavy (non-hydrogen) atoms. The molecule has 3 aromatic rings. The Kier molecular flexibility index (Phi) is 5.27. The van der Waals surface area contributed by atoms with Crippen molar-refractivity contribution >= 4 is 22.9 Å². The number of carbonyl (C=O) groups excluding carboxylic acids is 2. The number of benzene rings is 2. The molecule has 0 aliphatic carbocycles. The number of carbonyl (C=O) groups is 2. The van der Waals surface area contributed by atoms with E-state index < -0.39 is 17.6 Å². The highest BCUT2D eigenvalue weighted by Gasteiger charge is 2.33. The standard InChI is InChI=1S/C24H22O7/c1-5-28-23(26)18-13(4)9-14-11-30-16-8-7-15-12(3)10-17(25)31-22(15)20(16)19(14)21(18)24(27)29-6-2/h7-10H,5-6,11H2,1-4H3. The van der Waals surface area contributed by atoms with Gasteiger partial charge in [-0.1, -0.05) is 6.07 Å². The smallest absolute Gasteiger partial charge is 0.339 e. The summed E-state index contributed by atoms with van der Waals surface area (Å²) in [5, 5.41) is 0.711. The maximum absolute atomic E-state index is 13.1. The van der Waals surface area contributed by atoms with Gasteiger partial charge < -0.3 is 18.6 Å². The Hall–Kier alpha value is -3.61. The summed E-state index contributed by atoms with van der Waals surface area (Å²) in [6, 6.07) is 6.78. The summed E-state index contributed by atoms with van der Waals surface area (Å²) in [6.45, 7) is 7.42. The Morgan fingerprint density at radius 1 is 0.935 bits per heavy atom. The molecule has 7 nitrogen and oxygen atoms in total. The van der Waals surface area contributed by atoms with Crippen molar-refractivity contribution in [2.75, 3.05) is 13.2 Å². The molecule has 0 radical (unpaired) electrons. The van der Waals surface area contributed by atoms with Crippen LogP contribution in [0, 0.1) is 13.8 Å². The van der Waals surface area contributed by atoms with Crippen molar-refractivity contribution in [1.29, 1.82) is 0 Å². The van der Waals surface area contributed by atoms with Crippen LogP contribution in [0.2, 0.25) is 0 Å². The number of esters is 2. The maximum Gasteiger partial charge on any atom is 0.339 e. The Morgan fingerprint density at radius 3 is 2.29 bits per heavy atom. The molecular formula is C24H22O7. The van der Waals surface area contributed by atoms with E-state index in [1.54, 1.807) is 32.9 Å². The fourth-order valence-corrected chi connectivity index (χ4v) is 4.04. The van der Waals surface area contributed by atoms with Gasteiger partial charge in [0.05, 0.1) is 29.9 Å². The second kappa shape index (κ2) is 7.91. The van der Waals surface area contributed by atoms with Crippen LogP contribution >= 0.6 is 0 Å². The molecule has 0 atom stereocenters. The van der Waals surface area contributed by atoms with Crippen LogP contribution in [0.15, 0.2) is 33.5 Å². The van der Waals surface area contributed by atoms with E-state index in [0.29, 0.717) is 39.0 Å². The second-order valence-electron chi connectivity index (χ2n) is 7.27. The van der Waals surface area contributed by atoms with E-state index in [-0.39, 0.29) is 30.9 Å². The summed E-state index contributed by atoms with van der Waals surface area (Å²) in [6.07, 6.45) is 0. The lowest BCUT2D eigenvalue weighted by atomic mass is 9.85. The van der Waals surface area contributed by atoms with E-state index in [1.165, 1.54) is 6.07 Å². The van der Waals surface area contributed by atoms with Gasteiger partial charge in [0, 0.05) is 17.0 Å². The number of hydrogen-bond acceptors (Lipinski definition) is 7. The van der Waals surface area contributed by atoms with Gasteiger partial charge in [0.1, 0.15) is 17.9 Å². The van der Waals surface area contributed by atoms with Crippen molar-refractivity contribution < 1.29 is 28.2 Å². The molecule has 1 aliphatic heterocycles. The Bertz CT molecular complexity index is 1280. The SMILES string of the molecule is CCOC(=O)c1c(C)cc2c(c1C(=O)OCC)-c1c(ccc3c(C)cc(=O)oc13)OC2. The molecule has 2 heterocycles. The van der Waals surface area contributed by atoms with Gasteiger partial charge in [-0.2, -0.15) is 0 Å². The minimum Gasteiger partial charge on any atom is -0.488 e. The zero-order valence-corrected chi connectivity index (χ0v) is 17.8. The van der Waals surface area contributed by atoms with Crippen LogP contribution in [0.1, 0.15) is 51.3 Å². The molecular weight excluding hydrogens is 400 g/mol. The predicted molar refractivity (Wildman–Crippen MR) is 114 cm³/mol. The van der Waals surface area contributed by atoms with E-state index in [0.717, 1.165) is 5.56 Å². The van der Waals surface area contributed by atoms with E-state index in [4.69, 9.17) is 18.6 Å². The minimum atomic E-state index is -0.648. The van der Waals surface area contributed by atoms with Crippen LogP contribution in [-0.4, -0.2) is 25.2 Å². The minimum absolute atomic E-state index is 0.0940. The first-order chi connectivity index (χ1) is 14.9. The summed E-state index contributed by atoms with van der Waals surface area (Å²) < 4.78 is 22.0. The summed E-state index contributed by atoms with van der Waals surface area (Å²) in [5.74, 6) is -0.805.